The lowest BCUT2D eigenvalue weighted by atomic mass is 9.89. The highest BCUT2D eigenvalue weighted by molar-refractivity contribution is 6.16. The molecule has 0 radical (unpaired) electrons. The Kier molecular flexibility index (Phi) is 4.31. The van der Waals surface area contributed by atoms with Crippen LogP contribution < -0.4 is 0 Å². The first kappa shape index (κ1) is 21.7. The first-order valence-corrected chi connectivity index (χ1v) is 13.6. The molecular formula is C35H23N3O2. The van der Waals surface area contributed by atoms with Crippen molar-refractivity contribution in [2.75, 3.05) is 0 Å². The molecule has 9 rings (SSSR count). The number of aromatic nitrogens is 2. The van der Waals surface area contributed by atoms with Crippen LogP contribution in [0, 0.1) is 0 Å². The fourth-order valence-electron chi connectivity index (χ4n) is 6.55. The minimum atomic E-state index is 0.278. The molecule has 0 saturated heterocycles. The Morgan fingerprint density at radius 3 is 2.23 bits per heavy atom. The summed E-state index contributed by atoms with van der Waals surface area (Å²) in [7, 11) is 0. The molecule has 1 aliphatic rings. The molecule has 1 atom stereocenters. The molecule has 0 aliphatic carbocycles. The number of fused-ring (bicyclic) bond motifs is 9. The molecular weight excluding hydrogens is 494 g/mol. The average Bonchev–Trinajstić information content (AvgIpc) is 3.66. The fourth-order valence-corrected chi connectivity index (χ4v) is 6.55. The van der Waals surface area contributed by atoms with E-state index in [4.69, 9.17) is 18.8 Å². The highest BCUT2D eigenvalue weighted by Crippen LogP contribution is 2.44. The van der Waals surface area contributed by atoms with Gasteiger partial charge in [-0.05, 0) is 54.8 Å². The summed E-state index contributed by atoms with van der Waals surface area (Å²) < 4.78 is 15.0. The Morgan fingerprint density at radius 2 is 1.43 bits per heavy atom. The van der Waals surface area contributed by atoms with Crippen molar-refractivity contribution < 1.29 is 8.83 Å². The monoisotopic (exact) mass is 517 g/mol. The van der Waals surface area contributed by atoms with Gasteiger partial charge in [-0.1, -0.05) is 61.5 Å². The zero-order chi connectivity index (χ0) is 26.4. The van der Waals surface area contributed by atoms with E-state index in [9.17, 15) is 0 Å². The van der Waals surface area contributed by atoms with Crippen LogP contribution in [0.2, 0.25) is 0 Å². The Hall–Kier alpha value is -5.16. The van der Waals surface area contributed by atoms with Gasteiger partial charge in [-0.2, -0.15) is 0 Å². The maximum Gasteiger partial charge on any atom is 0.223 e. The average molecular weight is 518 g/mol. The van der Waals surface area contributed by atoms with Crippen molar-refractivity contribution in [1.82, 2.24) is 9.55 Å². The Bertz CT molecular complexity index is 2280. The highest BCUT2D eigenvalue weighted by Gasteiger charge is 2.28. The zero-order valence-electron chi connectivity index (χ0n) is 21.8. The van der Waals surface area contributed by atoms with Gasteiger partial charge in [-0.3, -0.25) is 4.98 Å². The van der Waals surface area contributed by atoms with Gasteiger partial charge in [0, 0.05) is 44.6 Å². The van der Waals surface area contributed by atoms with E-state index in [0.717, 1.165) is 56.4 Å². The van der Waals surface area contributed by atoms with Crippen molar-refractivity contribution in [2.24, 2.45) is 4.99 Å². The summed E-state index contributed by atoms with van der Waals surface area (Å²) in [6.45, 7) is 2.24. The second-order valence-corrected chi connectivity index (χ2v) is 10.7. The number of aliphatic imine (C=N–C) groups is 1. The van der Waals surface area contributed by atoms with Gasteiger partial charge < -0.3 is 13.4 Å². The Balaban J connectivity index is 1.25. The third-order valence-electron chi connectivity index (χ3n) is 8.33. The maximum atomic E-state index is 6.48. The SMILES string of the molecule is CC1CC(c2ccnc3c2oc2ccc(-n4c5ccccc5c5ccccc54)cc23)=Nc2oc3ccccc3c21. The number of benzene rings is 4. The van der Waals surface area contributed by atoms with Gasteiger partial charge in [0.05, 0.1) is 16.7 Å². The summed E-state index contributed by atoms with van der Waals surface area (Å²) in [5.74, 6) is 0.977. The molecule has 0 fully saturated rings. The fraction of sp³-hybridized carbons (Fsp3) is 0.0857. The number of hydrogen-bond acceptors (Lipinski definition) is 4. The minimum Gasteiger partial charge on any atom is -0.454 e. The van der Waals surface area contributed by atoms with Crippen LogP contribution in [0.25, 0.3) is 60.5 Å². The van der Waals surface area contributed by atoms with Crippen molar-refractivity contribution in [3.05, 3.63) is 114 Å². The predicted molar refractivity (Wildman–Crippen MR) is 161 cm³/mol. The van der Waals surface area contributed by atoms with Crippen molar-refractivity contribution in [3.63, 3.8) is 0 Å². The van der Waals surface area contributed by atoms with Crippen LogP contribution in [0.15, 0.2) is 117 Å². The maximum absolute atomic E-state index is 6.48. The molecule has 5 nitrogen and oxygen atoms in total. The third-order valence-corrected chi connectivity index (χ3v) is 8.33. The van der Waals surface area contributed by atoms with E-state index in [1.807, 2.05) is 24.4 Å². The first-order valence-electron chi connectivity index (χ1n) is 13.6. The number of para-hydroxylation sites is 3. The second-order valence-electron chi connectivity index (χ2n) is 10.7. The lowest BCUT2D eigenvalue weighted by molar-refractivity contribution is 0.608. The topological polar surface area (TPSA) is 56.5 Å². The van der Waals surface area contributed by atoms with Gasteiger partial charge in [0.25, 0.3) is 0 Å². The molecule has 0 saturated carbocycles. The van der Waals surface area contributed by atoms with E-state index in [1.54, 1.807) is 0 Å². The summed E-state index contributed by atoms with van der Waals surface area (Å²) in [6.07, 6.45) is 2.67. The largest absolute Gasteiger partial charge is 0.454 e. The standard InChI is InChI=1S/C35H23N3O2/c1-20-18-27(37-35-32(20)25-10-4-7-13-30(25)40-35)24-16-17-36-33-26-19-21(14-15-31(26)39-34(24)33)38-28-11-5-2-8-22(28)23-9-3-6-12-29(23)38/h2-17,19-20H,18H2,1H3. The minimum absolute atomic E-state index is 0.278. The first-order chi connectivity index (χ1) is 19.7. The van der Waals surface area contributed by atoms with Crippen LogP contribution >= 0.6 is 0 Å². The quantitative estimate of drug-likeness (QED) is 0.229. The molecule has 1 aliphatic heterocycles. The van der Waals surface area contributed by atoms with Crippen molar-refractivity contribution in [1.29, 1.82) is 0 Å². The number of rotatable bonds is 2. The van der Waals surface area contributed by atoms with Gasteiger partial charge in [-0.25, -0.2) is 4.99 Å². The van der Waals surface area contributed by atoms with Gasteiger partial charge in [-0.15, -0.1) is 0 Å². The summed E-state index contributed by atoms with van der Waals surface area (Å²) in [6, 6.07) is 33.7. The van der Waals surface area contributed by atoms with Crippen LogP contribution in [0.3, 0.4) is 0 Å². The molecule has 8 aromatic rings. The molecule has 1 unspecified atom stereocenters. The molecule has 0 N–H and O–H groups in total. The van der Waals surface area contributed by atoms with Crippen LogP contribution in [-0.4, -0.2) is 15.3 Å². The van der Waals surface area contributed by atoms with Crippen molar-refractivity contribution >= 4 is 66.4 Å². The number of pyridine rings is 1. The molecule has 40 heavy (non-hydrogen) atoms. The van der Waals surface area contributed by atoms with Crippen LogP contribution in [0.1, 0.15) is 30.4 Å². The Morgan fingerprint density at radius 1 is 0.725 bits per heavy atom. The molecule has 0 amide bonds. The lowest BCUT2D eigenvalue weighted by Gasteiger charge is -2.18. The molecule has 0 spiro atoms. The van der Waals surface area contributed by atoms with Crippen molar-refractivity contribution in [3.8, 4) is 5.69 Å². The summed E-state index contributed by atoms with van der Waals surface area (Å²) >= 11 is 0. The molecule has 5 heteroatoms. The smallest absolute Gasteiger partial charge is 0.223 e. The van der Waals surface area contributed by atoms with E-state index in [1.165, 1.54) is 27.4 Å². The summed E-state index contributed by atoms with van der Waals surface area (Å²) in [5.41, 5.74) is 9.86. The van der Waals surface area contributed by atoms with Crippen LogP contribution in [-0.2, 0) is 0 Å². The Labute approximate surface area is 229 Å². The number of hydrogen-bond donors (Lipinski definition) is 0. The number of nitrogens with zero attached hydrogens (tertiary/aromatic N) is 3. The molecule has 0 bridgehead atoms. The predicted octanol–water partition coefficient (Wildman–Crippen LogP) is 9.45. The van der Waals surface area contributed by atoms with Crippen molar-refractivity contribution in [2.45, 2.75) is 19.3 Å². The van der Waals surface area contributed by atoms with Crippen LogP contribution in [0.4, 0.5) is 5.88 Å². The molecule has 4 aromatic carbocycles. The second kappa shape index (κ2) is 7.93. The van der Waals surface area contributed by atoms with Gasteiger partial charge in [0.1, 0.15) is 16.7 Å². The van der Waals surface area contributed by atoms with E-state index < -0.39 is 0 Å². The molecule has 4 aromatic heterocycles. The lowest BCUT2D eigenvalue weighted by Crippen LogP contribution is -2.10. The summed E-state index contributed by atoms with van der Waals surface area (Å²) in [4.78, 5) is 9.80. The molecule has 5 heterocycles. The highest BCUT2D eigenvalue weighted by atomic mass is 16.3. The zero-order valence-corrected chi connectivity index (χ0v) is 21.8. The van der Waals surface area contributed by atoms with E-state index in [0.29, 0.717) is 5.88 Å². The van der Waals surface area contributed by atoms with E-state index >= 15 is 0 Å². The molecule has 190 valence electrons. The van der Waals surface area contributed by atoms with Gasteiger partial charge in [0.2, 0.25) is 5.88 Å². The van der Waals surface area contributed by atoms with E-state index in [-0.39, 0.29) is 5.92 Å². The van der Waals surface area contributed by atoms with Gasteiger partial charge in [0.15, 0.2) is 5.58 Å². The normalized spacial score (nSPS) is 15.4. The van der Waals surface area contributed by atoms with Crippen LogP contribution in [0.5, 0.6) is 0 Å². The number of furan rings is 2. The van der Waals surface area contributed by atoms with Gasteiger partial charge >= 0.3 is 0 Å². The third kappa shape index (κ3) is 2.92. The van der Waals surface area contributed by atoms with E-state index in [2.05, 4.69) is 90.4 Å². The summed E-state index contributed by atoms with van der Waals surface area (Å²) in [5, 5.41) is 4.62.